The van der Waals surface area contributed by atoms with Crippen LogP contribution in [0, 0.1) is 17.6 Å². The van der Waals surface area contributed by atoms with Gasteiger partial charge in [0.15, 0.2) is 5.78 Å². The molecule has 2 aliphatic heterocycles. The number of aliphatic hydroxyl groups is 1. The molecule has 0 amide bonds. The summed E-state index contributed by atoms with van der Waals surface area (Å²) in [6, 6.07) is 12.3. The number of carbonyl (C=O) groups excluding carboxylic acids is 1. The smallest absolute Gasteiger partial charge is 0.169 e. The molecular weight excluding hydrogens is 384 g/mol. The van der Waals surface area contributed by atoms with Crippen LogP contribution >= 0.6 is 11.8 Å². The van der Waals surface area contributed by atoms with E-state index in [2.05, 4.69) is 0 Å². The summed E-state index contributed by atoms with van der Waals surface area (Å²) in [6.07, 6.45) is -0.373. The number of halogens is 2. The third-order valence-electron chi connectivity index (χ3n) is 5.32. The van der Waals surface area contributed by atoms with Crippen molar-refractivity contribution in [1.29, 1.82) is 0 Å². The third kappa shape index (κ3) is 3.38. The van der Waals surface area contributed by atoms with E-state index in [-0.39, 0.29) is 36.9 Å². The molecule has 2 aliphatic rings. The molecule has 3 atom stereocenters. The highest BCUT2D eigenvalue weighted by molar-refractivity contribution is 8.14. The van der Waals surface area contributed by atoms with Crippen molar-refractivity contribution < 1.29 is 23.4 Å². The fraction of sp³-hybridized carbons (Fsp3) is 0.333. The summed E-state index contributed by atoms with van der Waals surface area (Å²) in [5.74, 6) is -1.17. The zero-order chi connectivity index (χ0) is 19.7. The molecule has 0 aromatic heterocycles. The minimum absolute atomic E-state index is 0.0716. The molecule has 7 heteroatoms. The number of ether oxygens (including phenoxy) is 1. The van der Waals surface area contributed by atoms with Crippen LogP contribution in [-0.4, -0.2) is 41.0 Å². The van der Waals surface area contributed by atoms with Crippen molar-refractivity contribution in [2.45, 2.75) is 18.1 Å². The van der Waals surface area contributed by atoms with Crippen molar-refractivity contribution in [3.05, 3.63) is 71.3 Å². The van der Waals surface area contributed by atoms with Gasteiger partial charge in [0.05, 0.1) is 30.8 Å². The van der Waals surface area contributed by atoms with Crippen molar-refractivity contribution in [2.24, 2.45) is 10.9 Å². The van der Waals surface area contributed by atoms with Gasteiger partial charge in [0, 0.05) is 28.9 Å². The number of ketones is 1. The molecule has 0 aliphatic carbocycles. The Balaban J connectivity index is 1.71. The molecule has 0 saturated carbocycles. The molecule has 0 bridgehead atoms. The Bertz CT molecular complexity index is 921. The van der Waals surface area contributed by atoms with E-state index in [0.29, 0.717) is 16.4 Å². The van der Waals surface area contributed by atoms with Gasteiger partial charge in [0.1, 0.15) is 17.2 Å². The maximum Gasteiger partial charge on any atom is 0.169 e. The first-order valence-electron chi connectivity index (χ1n) is 9.01. The number of Topliss-reactive ketones (excluding diaryl/α,β-unsaturated/α-hetero) is 1. The van der Waals surface area contributed by atoms with E-state index in [0.717, 1.165) is 6.07 Å². The molecular formula is C21H19F2NO3S. The average molecular weight is 403 g/mol. The van der Waals surface area contributed by atoms with Crippen LogP contribution in [0.4, 0.5) is 8.78 Å². The van der Waals surface area contributed by atoms with Gasteiger partial charge in [-0.2, -0.15) is 0 Å². The second-order valence-corrected chi connectivity index (χ2v) is 8.06. The van der Waals surface area contributed by atoms with Gasteiger partial charge in [-0.3, -0.25) is 9.79 Å². The molecule has 0 radical (unpaired) electrons. The van der Waals surface area contributed by atoms with Gasteiger partial charge < -0.3 is 9.84 Å². The second kappa shape index (κ2) is 7.73. The van der Waals surface area contributed by atoms with E-state index in [1.54, 1.807) is 24.3 Å². The first-order valence-corrected chi connectivity index (χ1v) is 10.00. The fourth-order valence-electron chi connectivity index (χ4n) is 3.88. The third-order valence-corrected chi connectivity index (χ3v) is 6.41. The molecule has 2 aromatic carbocycles. The van der Waals surface area contributed by atoms with Crippen molar-refractivity contribution in [1.82, 2.24) is 0 Å². The van der Waals surface area contributed by atoms with E-state index in [9.17, 15) is 18.7 Å². The number of hydrogen-bond donors (Lipinski definition) is 1. The van der Waals surface area contributed by atoms with E-state index in [4.69, 9.17) is 9.73 Å². The first-order chi connectivity index (χ1) is 13.5. The topological polar surface area (TPSA) is 58.9 Å². The molecule has 2 aromatic rings. The molecule has 0 spiro atoms. The number of benzene rings is 2. The number of aliphatic hydroxyl groups excluding tert-OH is 1. The summed E-state index contributed by atoms with van der Waals surface area (Å²) in [7, 11) is 0. The zero-order valence-electron chi connectivity index (χ0n) is 15.0. The largest absolute Gasteiger partial charge is 0.394 e. The van der Waals surface area contributed by atoms with Crippen molar-refractivity contribution in [2.75, 3.05) is 19.0 Å². The zero-order valence-corrected chi connectivity index (χ0v) is 15.8. The van der Waals surface area contributed by atoms with Crippen LogP contribution in [0.1, 0.15) is 22.3 Å². The summed E-state index contributed by atoms with van der Waals surface area (Å²) in [5, 5.41) is 10.2. The SMILES string of the molecule is O=C(CC1=N[C@@]2(c3ccc(F)cc3F)CO[C@H](CO)[C@H]2CS1)c1ccccc1. The standard InChI is InChI=1S/C21H19F2NO3S/c22-14-6-7-15(17(23)8-14)21-12-27-19(10-25)16(21)11-28-20(24-21)9-18(26)13-4-2-1-3-5-13/h1-8,16,19,25H,9-12H2/t16-,19-,21-/m1/s1. The van der Waals surface area contributed by atoms with Crippen molar-refractivity contribution >= 4 is 22.6 Å². The highest BCUT2D eigenvalue weighted by Crippen LogP contribution is 2.48. The second-order valence-electron chi connectivity index (χ2n) is 6.97. The van der Waals surface area contributed by atoms with Crippen LogP contribution < -0.4 is 0 Å². The molecule has 1 fully saturated rings. The van der Waals surface area contributed by atoms with E-state index in [1.807, 2.05) is 6.07 Å². The molecule has 4 rings (SSSR count). The first kappa shape index (κ1) is 19.2. The van der Waals surface area contributed by atoms with E-state index >= 15 is 0 Å². The van der Waals surface area contributed by atoms with Gasteiger partial charge in [-0.05, 0) is 6.07 Å². The number of rotatable bonds is 5. The van der Waals surface area contributed by atoms with Crippen LogP contribution in [-0.2, 0) is 10.3 Å². The Kier molecular flexibility index (Phi) is 5.31. The van der Waals surface area contributed by atoms with Gasteiger partial charge in [0.25, 0.3) is 0 Å². The fourth-order valence-corrected chi connectivity index (χ4v) is 5.20. The molecule has 2 heterocycles. The lowest BCUT2D eigenvalue weighted by atomic mass is 9.78. The highest BCUT2D eigenvalue weighted by Gasteiger charge is 2.54. The van der Waals surface area contributed by atoms with E-state index < -0.39 is 23.3 Å². The normalized spacial score (nSPS) is 26.6. The van der Waals surface area contributed by atoms with Crippen LogP contribution in [0.5, 0.6) is 0 Å². The van der Waals surface area contributed by atoms with Gasteiger partial charge in [-0.15, -0.1) is 11.8 Å². The number of aliphatic imine (C=N–C) groups is 1. The molecule has 1 N–H and O–H groups in total. The van der Waals surface area contributed by atoms with Gasteiger partial charge in [-0.25, -0.2) is 8.78 Å². The van der Waals surface area contributed by atoms with Crippen molar-refractivity contribution in [3.63, 3.8) is 0 Å². The molecule has 0 unspecified atom stereocenters. The summed E-state index contributed by atoms with van der Waals surface area (Å²) in [4.78, 5) is 17.3. The minimum atomic E-state index is -1.07. The molecule has 28 heavy (non-hydrogen) atoms. The number of nitrogens with zero attached hydrogens (tertiary/aromatic N) is 1. The Morgan fingerprint density at radius 1 is 1.25 bits per heavy atom. The number of fused-ring (bicyclic) bond motifs is 1. The number of carbonyl (C=O) groups is 1. The lowest BCUT2D eigenvalue weighted by Gasteiger charge is -2.36. The molecule has 4 nitrogen and oxygen atoms in total. The summed E-state index contributed by atoms with van der Waals surface area (Å²) >= 11 is 1.43. The molecule has 1 saturated heterocycles. The predicted molar refractivity (Wildman–Crippen MR) is 104 cm³/mol. The van der Waals surface area contributed by atoms with Gasteiger partial charge in [0.2, 0.25) is 0 Å². The minimum Gasteiger partial charge on any atom is -0.394 e. The van der Waals surface area contributed by atoms with Gasteiger partial charge >= 0.3 is 0 Å². The Morgan fingerprint density at radius 2 is 2.04 bits per heavy atom. The van der Waals surface area contributed by atoms with Crippen LogP contribution in [0.3, 0.4) is 0 Å². The Morgan fingerprint density at radius 3 is 2.75 bits per heavy atom. The maximum absolute atomic E-state index is 14.7. The highest BCUT2D eigenvalue weighted by atomic mass is 32.2. The average Bonchev–Trinajstić information content (AvgIpc) is 3.07. The van der Waals surface area contributed by atoms with Crippen molar-refractivity contribution in [3.8, 4) is 0 Å². The monoisotopic (exact) mass is 403 g/mol. The maximum atomic E-state index is 14.7. The molecule has 146 valence electrons. The number of thioether (sulfide) groups is 1. The Hall–Kier alpha value is -2.09. The van der Waals surface area contributed by atoms with E-state index in [1.165, 1.54) is 23.9 Å². The predicted octanol–water partition coefficient (Wildman–Crippen LogP) is 3.59. The summed E-state index contributed by atoms with van der Waals surface area (Å²) < 4.78 is 33.8. The van der Waals surface area contributed by atoms with Crippen LogP contribution in [0.25, 0.3) is 0 Å². The summed E-state index contributed by atoms with van der Waals surface area (Å²) in [6.45, 7) is -0.126. The van der Waals surface area contributed by atoms with Gasteiger partial charge in [-0.1, -0.05) is 36.4 Å². The quantitative estimate of drug-likeness (QED) is 0.776. The van der Waals surface area contributed by atoms with Crippen LogP contribution in [0.2, 0.25) is 0 Å². The lowest BCUT2D eigenvalue weighted by molar-refractivity contribution is 0.0436. The Labute approximate surface area is 165 Å². The summed E-state index contributed by atoms with van der Waals surface area (Å²) in [5.41, 5.74) is -0.242. The lowest BCUT2D eigenvalue weighted by Crippen LogP contribution is -2.42. The number of hydrogen-bond acceptors (Lipinski definition) is 5. The van der Waals surface area contributed by atoms with Crippen LogP contribution in [0.15, 0.2) is 53.5 Å².